The minimum atomic E-state index is 0.168. The Balaban J connectivity index is 2.05. The number of amides is 1. The summed E-state index contributed by atoms with van der Waals surface area (Å²) in [4.78, 5) is 14.9. The molecule has 1 atom stereocenters. The van der Waals surface area contributed by atoms with E-state index in [1.165, 1.54) is 6.42 Å². The van der Waals surface area contributed by atoms with E-state index in [0.717, 1.165) is 40.3 Å². The van der Waals surface area contributed by atoms with Gasteiger partial charge in [-0.2, -0.15) is 0 Å². The zero-order valence-corrected chi connectivity index (χ0v) is 13.5. The zero-order valence-electron chi connectivity index (χ0n) is 11.9. The van der Waals surface area contributed by atoms with Crippen LogP contribution in [0.15, 0.2) is 28.9 Å². The van der Waals surface area contributed by atoms with Crippen LogP contribution in [0.4, 0.5) is 0 Å². The van der Waals surface area contributed by atoms with E-state index in [0.29, 0.717) is 6.04 Å². The van der Waals surface area contributed by atoms with Gasteiger partial charge < -0.3 is 9.47 Å². The van der Waals surface area contributed by atoms with Crippen LogP contribution in [-0.4, -0.2) is 28.0 Å². The third-order valence-electron chi connectivity index (χ3n) is 4.25. The van der Waals surface area contributed by atoms with Gasteiger partial charge in [-0.05, 0) is 44.4 Å². The molecule has 0 aliphatic carbocycles. The monoisotopic (exact) mass is 334 g/mol. The molecule has 2 aromatic rings. The summed E-state index contributed by atoms with van der Waals surface area (Å²) in [7, 11) is 1.99. The van der Waals surface area contributed by atoms with E-state index >= 15 is 0 Å². The van der Waals surface area contributed by atoms with Crippen molar-refractivity contribution in [1.29, 1.82) is 0 Å². The van der Waals surface area contributed by atoms with E-state index in [2.05, 4.69) is 28.9 Å². The van der Waals surface area contributed by atoms with E-state index in [-0.39, 0.29) is 5.91 Å². The summed E-state index contributed by atoms with van der Waals surface area (Å²) in [5, 5.41) is 1.03. The highest BCUT2D eigenvalue weighted by Crippen LogP contribution is 2.27. The minimum absolute atomic E-state index is 0.168. The predicted molar refractivity (Wildman–Crippen MR) is 85.0 cm³/mol. The van der Waals surface area contributed by atoms with Gasteiger partial charge in [0.15, 0.2) is 0 Å². The fourth-order valence-electron chi connectivity index (χ4n) is 3.09. The van der Waals surface area contributed by atoms with E-state index in [4.69, 9.17) is 0 Å². The van der Waals surface area contributed by atoms with Crippen molar-refractivity contribution in [3.8, 4) is 0 Å². The van der Waals surface area contributed by atoms with Crippen molar-refractivity contribution in [3.63, 3.8) is 0 Å². The molecule has 1 fully saturated rings. The molecule has 1 aliphatic heterocycles. The molecule has 0 spiro atoms. The Bertz CT molecular complexity index is 662. The van der Waals surface area contributed by atoms with Gasteiger partial charge >= 0.3 is 0 Å². The van der Waals surface area contributed by atoms with Gasteiger partial charge in [0.25, 0.3) is 5.91 Å². The first-order valence-corrected chi connectivity index (χ1v) is 7.93. The number of fused-ring (bicyclic) bond motifs is 1. The molecular formula is C16H19BrN2O. The molecule has 3 nitrogen and oxygen atoms in total. The maximum Gasteiger partial charge on any atom is 0.256 e. The van der Waals surface area contributed by atoms with Gasteiger partial charge in [0.1, 0.15) is 0 Å². The van der Waals surface area contributed by atoms with Gasteiger partial charge in [-0.15, -0.1) is 0 Å². The van der Waals surface area contributed by atoms with Crippen LogP contribution in [0.1, 0.15) is 36.5 Å². The van der Waals surface area contributed by atoms with Gasteiger partial charge in [0.2, 0.25) is 0 Å². The Morgan fingerprint density at radius 2 is 2.15 bits per heavy atom. The largest absolute Gasteiger partial charge is 0.350 e. The summed E-state index contributed by atoms with van der Waals surface area (Å²) in [6.45, 7) is 3.03. The van der Waals surface area contributed by atoms with E-state index in [1.807, 2.05) is 34.8 Å². The van der Waals surface area contributed by atoms with Crippen molar-refractivity contribution in [2.24, 2.45) is 7.05 Å². The fourth-order valence-corrected chi connectivity index (χ4v) is 3.45. The van der Waals surface area contributed by atoms with Gasteiger partial charge in [0, 0.05) is 41.2 Å². The number of rotatable bonds is 1. The summed E-state index contributed by atoms with van der Waals surface area (Å²) in [5.74, 6) is 0.168. The van der Waals surface area contributed by atoms with Crippen LogP contribution in [0.5, 0.6) is 0 Å². The highest BCUT2D eigenvalue weighted by atomic mass is 79.9. The SMILES string of the molecule is CC1CCCCN1C(=O)c1cn(C)c2ccc(Br)cc12. The Morgan fingerprint density at radius 3 is 2.90 bits per heavy atom. The second kappa shape index (κ2) is 5.24. The number of carbonyl (C=O) groups is 1. The molecule has 0 bridgehead atoms. The lowest BCUT2D eigenvalue weighted by atomic mass is 10.0. The standard InChI is InChI=1S/C16H19BrN2O/c1-11-5-3-4-8-19(11)16(20)14-10-18(2)15-7-6-12(17)9-13(14)15/h6-7,9-11H,3-5,8H2,1-2H3. The van der Waals surface area contributed by atoms with Crippen LogP contribution in [0.25, 0.3) is 10.9 Å². The molecule has 0 radical (unpaired) electrons. The predicted octanol–water partition coefficient (Wildman–Crippen LogP) is 3.96. The highest BCUT2D eigenvalue weighted by Gasteiger charge is 2.26. The number of likely N-dealkylation sites (tertiary alicyclic amines) is 1. The van der Waals surface area contributed by atoms with Crippen LogP contribution < -0.4 is 0 Å². The number of nitrogens with zero attached hydrogens (tertiary/aromatic N) is 2. The maximum absolute atomic E-state index is 12.8. The van der Waals surface area contributed by atoms with Crippen molar-refractivity contribution in [2.75, 3.05) is 6.54 Å². The third kappa shape index (κ3) is 2.26. The number of hydrogen-bond donors (Lipinski definition) is 0. The average molecular weight is 335 g/mol. The van der Waals surface area contributed by atoms with Crippen LogP contribution in [-0.2, 0) is 7.05 Å². The molecule has 1 saturated heterocycles. The number of halogens is 1. The van der Waals surface area contributed by atoms with E-state index in [1.54, 1.807) is 0 Å². The lowest BCUT2D eigenvalue weighted by molar-refractivity contribution is 0.0637. The summed E-state index contributed by atoms with van der Waals surface area (Å²) in [6, 6.07) is 6.45. The van der Waals surface area contributed by atoms with E-state index < -0.39 is 0 Å². The summed E-state index contributed by atoms with van der Waals surface area (Å²) in [6.07, 6.45) is 5.41. The van der Waals surface area contributed by atoms with Gasteiger partial charge in [-0.3, -0.25) is 4.79 Å². The van der Waals surface area contributed by atoms with Gasteiger partial charge in [-0.1, -0.05) is 15.9 Å². The molecule has 3 rings (SSSR count). The molecule has 2 heterocycles. The number of carbonyl (C=O) groups excluding carboxylic acids is 1. The maximum atomic E-state index is 12.8. The van der Waals surface area contributed by atoms with Gasteiger partial charge in [0.05, 0.1) is 5.56 Å². The molecule has 1 amide bonds. The van der Waals surface area contributed by atoms with Crippen molar-refractivity contribution in [1.82, 2.24) is 9.47 Å². The molecule has 4 heteroatoms. The molecule has 1 aromatic carbocycles. The Morgan fingerprint density at radius 1 is 1.35 bits per heavy atom. The Hall–Kier alpha value is -1.29. The summed E-state index contributed by atoms with van der Waals surface area (Å²) >= 11 is 3.50. The highest BCUT2D eigenvalue weighted by molar-refractivity contribution is 9.10. The zero-order chi connectivity index (χ0) is 14.3. The van der Waals surface area contributed by atoms with Crippen molar-refractivity contribution < 1.29 is 4.79 Å². The molecular weight excluding hydrogens is 316 g/mol. The first-order chi connectivity index (χ1) is 9.58. The fraction of sp³-hybridized carbons (Fsp3) is 0.438. The smallest absolute Gasteiger partial charge is 0.256 e. The lowest BCUT2D eigenvalue weighted by Crippen LogP contribution is -2.41. The van der Waals surface area contributed by atoms with Gasteiger partial charge in [-0.25, -0.2) is 0 Å². The molecule has 0 N–H and O–H groups in total. The van der Waals surface area contributed by atoms with Crippen molar-refractivity contribution in [2.45, 2.75) is 32.2 Å². The number of aromatic nitrogens is 1. The molecule has 1 aromatic heterocycles. The molecule has 106 valence electrons. The first kappa shape index (κ1) is 13.7. The third-order valence-corrected chi connectivity index (χ3v) is 4.74. The number of piperidine rings is 1. The van der Waals surface area contributed by atoms with Crippen molar-refractivity contribution >= 4 is 32.7 Å². The van der Waals surface area contributed by atoms with Crippen molar-refractivity contribution in [3.05, 3.63) is 34.4 Å². The molecule has 0 saturated carbocycles. The Labute approximate surface area is 127 Å². The first-order valence-electron chi connectivity index (χ1n) is 7.13. The number of aryl methyl sites for hydroxylation is 1. The van der Waals surface area contributed by atoms with Crippen LogP contribution >= 0.6 is 15.9 Å². The van der Waals surface area contributed by atoms with Crippen LogP contribution in [0.3, 0.4) is 0 Å². The minimum Gasteiger partial charge on any atom is -0.350 e. The topological polar surface area (TPSA) is 25.2 Å². The lowest BCUT2D eigenvalue weighted by Gasteiger charge is -2.33. The van der Waals surface area contributed by atoms with E-state index in [9.17, 15) is 4.79 Å². The summed E-state index contributed by atoms with van der Waals surface area (Å²) in [5.41, 5.74) is 1.92. The second-order valence-corrected chi connectivity index (χ2v) is 6.57. The Kier molecular flexibility index (Phi) is 3.59. The second-order valence-electron chi connectivity index (χ2n) is 5.66. The molecule has 1 unspecified atom stereocenters. The number of benzene rings is 1. The number of hydrogen-bond acceptors (Lipinski definition) is 1. The van der Waals surface area contributed by atoms with Crippen LogP contribution in [0.2, 0.25) is 0 Å². The molecule has 1 aliphatic rings. The summed E-state index contributed by atoms with van der Waals surface area (Å²) < 4.78 is 3.04. The quantitative estimate of drug-likeness (QED) is 0.774. The average Bonchev–Trinajstić information content (AvgIpc) is 2.75. The van der Waals surface area contributed by atoms with Crippen LogP contribution in [0, 0.1) is 0 Å². The normalized spacial score (nSPS) is 19.6. The molecule has 20 heavy (non-hydrogen) atoms.